The molecule has 6 aromatic carbocycles. The number of allylic oxidation sites excluding steroid dienone is 1. The van der Waals surface area contributed by atoms with Crippen LogP contribution >= 0.6 is 11.3 Å². The summed E-state index contributed by atoms with van der Waals surface area (Å²) < 4.78 is 5.14. The highest BCUT2D eigenvalue weighted by Gasteiger charge is 2.36. The van der Waals surface area contributed by atoms with E-state index >= 15 is 0 Å². The van der Waals surface area contributed by atoms with Gasteiger partial charge in [-0.2, -0.15) is 0 Å². The molecule has 0 saturated carbocycles. The smallest absolute Gasteiger partial charge is 0.208 e. The number of aryl methyl sites for hydroxylation is 1. The van der Waals surface area contributed by atoms with Gasteiger partial charge in [0.25, 0.3) is 0 Å². The summed E-state index contributed by atoms with van der Waals surface area (Å²) in [5.74, 6) is -12.1. The number of phenolic OH excluding ortho intramolecular Hbond substituents is 10. The van der Waals surface area contributed by atoms with Crippen molar-refractivity contribution in [2.45, 2.75) is 19.3 Å². The van der Waals surface area contributed by atoms with Crippen molar-refractivity contribution < 1.29 is 51.1 Å². The molecule has 2 aromatic heterocycles. The summed E-state index contributed by atoms with van der Waals surface area (Å²) in [6.07, 6.45) is 0.593. The zero-order valence-corrected chi connectivity index (χ0v) is 31.2. The van der Waals surface area contributed by atoms with E-state index in [1.54, 1.807) is 0 Å². The molecule has 288 valence electrons. The highest BCUT2D eigenvalue weighted by molar-refractivity contribution is 7.26. The molecular formula is C43H35N3O10S. The zero-order valence-electron chi connectivity index (χ0n) is 30.4. The topological polar surface area (TPSA) is 257 Å². The summed E-state index contributed by atoms with van der Waals surface area (Å²) >= 11 is 1.92. The van der Waals surface area contributed by atoms with Crippen LogP contribution in [-0.4, -0.2) is 61.3 Å². The van der Waals surface area contributed by atoms with Crippen molar-refractivity contribution in [3.05, 3.63) is 101 Å². The van der Waals surface area contributed by atoms with E-state index in [4.69, 9.17) is 11.1 Å². The van der Waals surface area contributed by atoms with Crippen molar-refractivity contribution in [3.8, 4) is 68.6 Å². The van der Waals surface area contributed by atoms with Gasteiger partial charge in [0, 0.05) is 54.6 Å². The molecule has 0 atom stereocenters. The Morgan fingerprint density at radius 2 is 1.14 bits per heavy atom. The van der Waals surface area contributed by atoms with Gasteiger partial charge in [0.15, 0.2) is 23.0 Å². The number of nitrogens with one attached hydrogen (secondary N) is 1. The lowest BCUT2D eigenvalue weighted by Gasteiger charge is -2.21. The van der Waals surface area contributed by atoms with Gasteiger partial charge >= 0.3 is 0 Å². The van der Waals surface area contributed by atoms with Gasteiger partial charge in [-0.25, -0.2) is 0 Å². The maximum Gasteiger partial charge on any atom is 0.208 e. The Labute approximate surface area is 326 Å². The van der Waals surface area contributed by atoms with Crippen molar-refractivity contribution in [2.75, 3.05) is 0 Å². The van der Waals surface area contributed by atoms with Crippen molar-refractivity contribution in [3.63, 3.8) is 0 Å². The van der Waals surface area contributed by atoms with Crippen LogP contribution in [0.15, 0.2) is 78.9 Å². The van der Waals surface area contributed by atoms with Gasteiger partial charge in [-0.05, 0) is 52.6 Å². The van der Waals surface area contributed by atoms with Crippen LogP contribution in [0.3, 0.4) is 0 Å². The minimum absolute atomic E-state index is 0.0290. The van der Waals surface area contributed by atoms with E-state index in [0.717, 1.165) is 0 Å². The monoisotopic (exact) mass is 785 g/mol. The summed E-state index contributed by atoms with van der Waals surface area (Å²) in [7, 11) is 2.21. The molecule has 0 bridgehead atoms. The van der Waals surface area contributed by atoms with Crippen LogP contribution in [0.1, 0.15) is 36.1 Å². The molecule has 14 heteroatoms. The second-order valence-electron chi connectivity index (χ2n) is 14.3. The normalized spacial score (nSPS) is 13.2. The first-order valence-corrected chi connectivity index (χ1v) is 18.2. The maximum atomic E-state index is 9.79. The number of hydrogen-bond donors (Lipinski definition) is 12. The number of aromatic nitrogens is 1. The predicted molar refractivity (Wildman–Crippen MR) is 219 cm³/mol. The molecular weight excluding hydrogens is 751 g/mol. The summed E-state index contributed by atoms with van der Waals surface area (Å²) in [6.45, 7) is 4.73. The van der Waals surface area contributed by atoms with Gasteiger partial charge in [-0.3, -0.25) is 5.41 Å². The van der Waals surface area contributed by atoms with E-state index in [2.05, 4.69) is 98.3 Å². The number of rotatable bonds is 3. The first kappa shape index (κ1) is 36.5. The lowest BCUT2D eigenvalue weighted by atomic mass is 9.82. The van der Waals surface area contributed by atoms with E-state index in [9.17, 15) is 51.1 Å². The van der Waals surface area contributed by atoms with E-state index in [-0.39, 0.29) is 5.41 Å². The number of nitrogens with zero attached hydrogens (tertiary/aromatic N) is 1. The fraction of sp³-hybridized carbons (Fsp3) is 0.0930. The molecule has 0 unspecified atom stereocenters. The van der Waals surface area contributed by atoms with Gasteiger partial charge in [0.05, 0.1) is 22.4 Å². The van der Waals surface area contributed by atoms with Gasteiger partial charge in [0.1, 0.15) is 0 Å². The average Bonchev–Trinajstić information content (AvgIpc) is 3.78. The van der Waals surface area contributed by atoms with E-state index in [1.165, 1.54) is 64.2 Å². The van der Waals surface area contributed by atoms with Crippen molar-refractivity contribution in [1.29, 1.82) is 5.41 Å². The second kappa shape index (κ2) is 12.5. The number of nitrogens with two attached hydrogens (primary N) is 1. The molecule has 0 spiro atoms. The molecule has 8 aromatic rings. The molecule has 0 aliphatic heterocycles. The highest BCUT2D eigenvalue weighted by Crippen LogP contribution is 2.55. The molecule has 9 rings (SSSR count). The molecule has 1 aliphatic carbocycles. The van der Waals surface area contributed by atoms with E-state index in [0.29, 0.717) is 6.08 Å². The highest BCUT2D eigenvalue weighted by atomic mass is 32.1. The molecule has 0 radical (unpaired) electrons. The van der Waals surface area contributed by atoms with Crippen LogP contribution in [0.4, 0.5) is 0 Å². The predicted octanol–water partition coefficient (Wildman–Crippen LogP) is 8.12. The molecule has 0 fully saturated rings. The Hall–Kier alpha value is -7.45. The van der Waals surface area contributed by atoms with Crippen LogP contribution in [0.5, 0.6) is 57.5 Å². The third kappa shape index (κ3) is 5.11. The summed E-state index contributed by atoms with van der Waals surface area (Å²) in [4.78, 5) is 0. The van der Waals surface area contributed by atoms with Crippen LogP contribution < -0.4 is 5.73 Å². The zero-order chi connectivity index (χ0) is 41.0. The van der Waals surface area contributed by atoms with Crippen molar-refractivity contribution in [1.82, 2.24) is 4.57 Å². The van der Waals surface area contributed by atoms with Crippen LogP contribution in [0.25, 0.3) is 58.8 Å². The largest absolute Gasteiger partial charge is 0.504 e. The van der Waals surface area contributed by atoms with E-state index < -0.39 is 80.0 Å². The Balaban J connectivity index is 0.000000161. The van der Waals surface area contributed by atoms with Gasteiger partial charge in [-0.1, -0.05) is 62.4 Å². The number of aromatic hydroxyl groups is 10. The first-order chi connectivity index (χ1) is 27.0. The molecule has 0 saturated heterocycles. The number of hydrogen-bond acceptors (Lipinski definition) is 13. The Morgan fingerprint density at radius 3 is 1.77 bits per heavy atom. The third-order valence-corrected chi connectivity index (χ3v) is 11.9. The number of thiophene rings is 1. The number of para-hydroxylation sites is 1. The van der Waals surface area contributed by atoms with Crippen LogP contribution in [0.2, 0.25) is 0 Å². The van der Waals surface area contributed by atoms with Gasteiger partial charge in [0.2, 0.25) is 34.5 Å². The minimum atomic E-state index is -1.25. The summed E-state index contributed by atoms with van der Waals surface area (Å²) in [5.41, 5.74) is 10.7. The standard InChI is InChI=1S/C28H21NS.C15H14N2O10/c1-28(2)21-10-6-4-8-16(21)19-15-25-20(14-22(19)28)26-24(30-25)13-12-18-17-9-5-7-11-23(17)29(3)27(18)26;16-2(4-6(18)10(22)14(26)11(23)7(4)19)1-3(17)5-8(20)12(24)15(27)13(25)9(5)21/h4-15H,1-3H3;1,16,18-27H,17H2/b;3-1-,16-2?. The number of phenols is 10. The van der Waals surface area contributed by atoms with Crippen molar-refractivity contribution >= 4 is 64.7 Å². The molecule has 1 aliphatic rings. The van der Waals surface area contributed by atoms with Crippen LogP contribution in [-0.2, 0) is 12.5 Å². The lowest BCUT2D eigenvalue weighted by molar-refractivity contribution is 0.327. The van der Waals surface area contributed by atoms with Gasteiger partial charge in [-0.15, -0.1) is 11.3 Å². The molecule has 13 nitrogen and oxygen atoms in total. The quantitative estimate of drug-likeness (QED) is 0.0462. The average molecular weight is 786 g/mol. The second-order valence-corrected chi connectivity index (χ2v) is 15.4. The number of benzene rings is 6. The minimum Gasteiger partial charge on any atom is -0.504 e. The fourth-order valence-corrected chi connectivity index (χ4v) is 9.05. The Morgan fingerprint density at radius 1 is 0.596 bits per heavy atom. The molecule has 2 heterocycles. The van der Waals surface area contributed by atoms with Crippen LogP contribution in [0, 0.1) is 5.41 Å². The first-order valence-electron chi connectivity index (χ1n) is 17.4. The SMILES string of the molecule is Cn1c2ccccc2c2ccc3sc4cc5c(cc4c3c21)C(C)(C)c1ccccc1-5.N=C(/C=C(\N)c1c(O)c(O)c(O)c(O)c1O)c1c(O)c(O)c(O)c(O)c1O. The number of fused-ring (bicyclic) bond motifs is 10. The van der Waals surface area contributed by atoms with Crippen molar-refractivity contribution in [2.24, 2.45) is 12.8 Å². The summed E-state index contributed by atoms with van der Waals surface area (Å²) in [5, 5.41) is 109. The lowest BCUT2D eigenvalue weighted by Crippen LogP contribution is -2.14. The maximum absolute atomic E-state index is 9.79. The summed E-state index contributed by atoms with van der Waals surface area (Å²) in [6, 6.07) is 27.2. The molecule has 13 N–H and O–H groups in total. The fourth-order valence-electron chi connectivity index (χ4n) is 7.92. The van der Waals surface area contributed by atoms with Gasteiger partial charge < -0.3 is 61.4 Å². The Kier molecular flexibility index (Phi) is 8.04. The van der Waals surface area contributed by atoms with E-state index in [1.807, 2.05) is 11.3 Å². The molecule has 0 amide bonds. The molecule has 57 heavy (non-hydrogen) atoms. The third-order valence-electron chi connectivity index (χ3n) is 10.8. The Bertz CT molecular complexity index is 3050.